The van der Waals surface area contributed by atoms with Crippen LogP contribution in [0.3, 0.4) is 0 Å². The topological polar surface area (TPSA) is 99.8 Å². The highest BCUT2D eigenvalue weighted by Gasteiger charge is 2.41. The predicted molar refractivity (Wildman–Crippen MR) is 109 cm³/mol. The fourth-order valence-corrected chi connectivity index (χ4v) is 5.31. The van der Waals surface area contributed by atoms with Crippen LogP contribution in [0.5, 0.6) is 0 Å². The summed E-state index contributed by atoms with van der Waals surface area (Å²) in [7, 11) is 0. The molecule has 0 radical (unpaired) electrons. The van der Waals surface area contributed by atoms with Crippen molar-refractivity contribution in [2.24, 2.45) is 0 Å². The molecule has 3 N–H and O–H groups in total. The fourth-order valence-electron chi connectivity index (χ4n) is 5.31. The number of fused-ring (bicyclic) bond motifs is 1. The molecule has 8 heteroatoms. The zero-order valence-electron chi connectivity index (χ0n) is 17.0. The monoisotopic (exact) mass is 412 g/mol. The molecule has 3 saturated heterocycles. The highest BCUT2D eigenvalue weighted by molar-refractivity contribution is 6.05. The van der Waals surface area contributed by atoms with Crippen LogP contribution in [0.4, 0.5) is 0 Å². The van der Waals surface area contributed by atoms with Crippen LogP contribution in [0.1, 0.15) is 53.6 Å². The first kappa shape index (κ1) is 19.7. The molecule has 0 aliphatic carbocycles. The maximum absolute atomic E-state index is 13.0. The Morgan fingerprint density at radius 1 is 1.20 bits per heavy atom. The van der Waals surface area contributed by atoms with Crippen LogP contribution in [0, 0.1) is 0 Å². The smallest absolute Gasteiger partial charge is 0.255 e. The summed E-state index contributed by atoms with van der Waals surface area (Å²) in [4.78, 5) is 38.3. The van der Waals surface area contributed by atoms with E-state index in [0.29, 0.717) is 31.1 Å². The summed E-state index contributed by atoms with van der Waals surface area (Å²) in [6.07, 6.45) is 3.86. The van der Waals surface area contributed by atoms with Crippen molar-refractivity contribution >= 4 is 17.7 Å². The second-order valence-electron chi connectivity index (χ2n) is 8.90. The second kappa shape index (κ2) is 7.76. The Morgan fingerprint density at radius 3 is 2.83 bits per heavy atom. The van der Waals surface area contributed by atoms with E-state index in [9.17, 15) is 14.4 Å². The molecule has 5 rings (SSSR count). The van der Waals surface area contributed by atoms with E-state index in [1.807, 2.05) is 12.1 Å². The predicted octanol–water partition coefficient (Wildman–Crippen LogP) is 0.448. The number of benzene rings is 1. The van der Waals surface area contributed by atoms with Gasteiger partial charge in [-0.1, -0.05) is 12.1 Å². The van der Waals surface area contributed by atoms with Gasteiger partial charge in [0.15, 0.2) is 0 Å². The quantitative estimate of drug-likeness (QED) is 0.621. The molecule has 30 heavy (non-hydrogen) atoms. The molecule has 0 bridgehead atoms. The summed E-state index contributed by atoms with van der Waals surface area (Å²) in [5.74, 6) is -0.756. The molecule has 3 fully saturated rings. The summed E-state index contributed by atoms with van der Waals surface area (Å²) >= 11 is 0. The second-order valence-corrected chi connectivity index (χ2v) is 8.90. The van der Waals surface area contributed by atoms with Crippen LogP contribution in [0.15, 0.2) is 18.2 Å². The molecule has 1 spiro atoms. The van der Waals surface area contributed by atoms with Gasteiger partial charge < -0.3 is 20.3 Å². The maximum Gasteiger partial charge on any atom is 0.255 e. The van der Waals surface area contributed by atoms with Gasteiger partial charge in [0.1, 0.15) is 6.04 Å². The highest BCUT2D eigenvalue weighted by atomic mass is 16.5. The molecule has 2 atom stereocenters. The van der Waals surface area contributed by atoms with Crippen molar-refractivity contribution in [3.8, 4) is 0 Å². The van der Waals surface area contributed by atoms with Gasteiger partial charge in [0, 0.05) is 56.4 Å². The SMILES string of the molecule is O=C1CCC(N2Cc3c(CNC4CNC5(CCOCC5)C4)cccc3C2=O)C(=O)N1. The third-order valence-electron chi connectivity index (χ3n) is 7.07. The third kappa shape index (κ3) is 3.53. The van der Waals surface area contributed by atoms with E-state index in [4.69, 9.17) is 4.74 Å². The molecule has 4 heterocycles. The van der Waals surface area contributed by atoms with Gasteiger partial charge >= 0.3 is 0 Å². The van der Waals surface area contributed by atoms with Gasteiger partial charge in [-0.25, -0.2) is 0 Å². The number of carbonyl (C=O) groups excluding carboxylic acids is 3. The highest BCUT2D eigenvalue weighted by Crippen LogP contribution is 2.32. The lowest BCUT2D eigenvalue weighted by atomic mass is 9.87. The number of hydrogen-bond acceptors (Lipinski definition) is 6. The first-order valence-corrected chi connectivity index (χ1v) is 10.9. The lowest BCUT2D eigenvalue weighted by Crippen LogP contribution is -2.52. The van der Waals surface area contributed by atoms with Crippen LogP contribution in [-0.2, 0) is 27.4 Å². The minimum Gasteiger partial charge on any atom is -0.381 e. The van der Waals surface area contributed by atoms with Crippen molar-refractivity contribution in [1.29, 1.82) is 0 Å². The number of amides is 3. The molecule has 160 valence electrons. The summed E-state index contributed by atoms with van der Waals surface area (Å²) < 4.78 is 5.51. The molecule has 1 aromatic carbocycles. The van der Waals surface area contributed by atoms with E-state index in [2.05, 4.69) is 22.0 Å². The first-order chi connectivity index (χ1) is 14.5. The Labute approximate surface area is 175 Å². The standard InChI is InChI=1S/C22H28N4O4/c27-19-5-4-18(20(28)25-19)26-13-17-14(2-1-3-16(17)21(26)29)11-23-15-10-22(24-12-15)6-8-30-9-7-22/h1-3,15,18,23-24H,4-13H2,(H,25,27,28). The van der Waals surface area contributed by atoms with E-state index in [1.54, 1.807) is 4.90 Å². The minimum absolute atomic E-state index is 0.120. The van der Waals surface area contributed by atoms with E-state index in [1.165, 1.54) is 0 Å². The molecule has 0 aromatic heterocycles. The van der Waals surface area contributed by atoms with E-state index < -0.39 is 6.04 Å². The Balaban J connectivity index is 1.26. The Hall–Kier alpha value is -2.29. The average molecular weight is 412 g/mol. The van der Waals surface area contributed by atoms with Gasteiger partial charge in [0.2, 0.25) is 11.8 Å². The van der Waals surface area contributed by atoms with Crippen LogP contribution in [-0.4, -0.2) is 60.0 Å². The summed E-state index contributed by atoms with van der Waals surface area (Å²) in [5, 5.41) is 9.72. The molecular weight excluding hydrogens is 384 g/mol. The average Bonchev–Trinajstić information content (AvgIpc) is 3.29. The first-order valence-electron chi connectivity index (χ1n) is 10.9. The number of carbonyl (C=O) groups is 3. The van der Waals surface area contributed by atoms with Crippen LogP contribution >= 0.6 is 0 Å². The molecule has 4 aliphatic heterocycles. The molecule has 0 saturated carbocycles. The number of ether oxygens (including phenoxy) is 1. The van der Waals surface area contributed by atoms with E-state index >= 15 is 0 Å². The number of nitrogens with zero attached hydrogens (tertiary/aromatic N) is 1. The fraction of sp³-hybridized carbons (Fsp3) is 0.591. The molecular formula is C22H28N4O4. The van der Waals surface area contributed by atoms with Gasteiger partial charge in [-0.15, -0.1) is 0 Å². The normalized spacial score (nSPS) is 28.1. The molecule has 4 aliphatic rings. The molecule has 8 nitrogen and oxygen atoms in total. The van der Waals surface area contributed by atoms with Crippen molar-refractivity contribution in [3.05, 3.63) is 34.9 Å². The van der Waals surface area contributed by atoms with Gasteiger partial charge in [-0.05, 0) is 42.9 Å². The zero-order chi connectivity index (χ0) is 20.7. The third-order valence-corrected chi connectivity index (χ3v) is 7.07. The van der Waals surface area contributed by atoms with Crippen LogP contribution in [0.2, 0.25) is 0 Å². The number of nitrogens with one attached hydrogen (secondary N) is 3. The minimum atomic E-state index is -0.573. The van der Waals surface area contributed by atoms with Gasteiger partial charge in [-0.3, -0.25) is 19.7 Å². The van der Waals surface area contributed by atoms with Crippen molar-refractivity contribution in [1.82, 2.24) is 20.9 Å². The molecule has 2 unspecified atom stereocenters. The largest absolute Gasteiger partial charge is 0.381 e. The Kier molecular flexibility index (Phi) is 5.08. The van der Waals surface area contributed by atoms with Gasteiger partial charge in [-0.2, -0.15) is 0 Å². The summed E-state index contributed by atoms with van der Waals surface area (Å²) in [5.41, 5.74) is 2.96. The van der Waals surface area contributed by atoms with Crippen molar-refractivity contribution in [3.63, 3.8) is 0 Å². The van der Waals surface area contributed by atoms with Crippen molar-refractivity contribution in [2.45, 2.75) is 62.8 Å². The summed E-state index contributed by atoms with van der Waals surface area (Å²) in [6.45, 7) is 3.70. The van der Waals surface area contributed by atoms with Crippen molar-refractivity contribution in [2.75, 3.05) is 19.8 Å². The number of hydrogen-bond donors (Lipinski definition) is 3. The zero-order valence-corrected chi connectivity index (χ0v) is 17.0. The van der Waals surface area contributed by atoms with E-state index in [-0.39, 0.29) is 29.7 Å². The van der Waals surface area contributed by atoms with Gasteiger partial charge in [0.25, 0.3) is 5.91 Å². The van der Waals surface area contributed by atoms with Crippen molar-refractivity contribution < 1.29 is 19.1 Å². The molecule has 1 aromatic rings. The summed E-state index contributed by atoms with van der Waals surface area (Å²) in [6, 6.07) is 5.62. The number of piperidine rings is 1. The van der Waals surface area contributed by atoms with Gasteiger partial charge in [0.05, 0.1) is 0 Å². The van der Waals surface area contributed by atoms with Crippen LogP contribution in [0.25, 0.3) is 0 Å². The maximum atomic E-state index is 13.0. The lowest BCUT2D eigenvalue weighted by Gasteiger charge is -2.33. The Bertz CT molecular complexity index is 880. The van der Waals surface area contributed by atoms with Crippen LogP contribution < -0.4 is 16.0 Å². The molecule has 3 amide bonds. The number of rotatable bonds is 4. The Morgan fingerprint density at radius 2 is 2.03 bits per heavy atom. The lowest BCUT2D eigenvalue weighted by molar-refractivity contribution is -0.136. The van der Waals surface area contributed by atoms with E-state index in [0.717, 1.165) is 50.1 Å². The number of imide groups is 1.